The van der Waals surface area contributed by atoms with E-state index < -0.39 is 0 Å². The van der Waals surface area contributed by atoms with Gasteiger partial charge in [0.25, 0.3) is 0 Å². The van der Waals surface area contributed by atoms with Crippen LogP contribution in [0.2, 0.25) is 0 Å². The van der Waals surface area contributed by atoms with Gasteiger partial charge in [-0.3, -0.25) is 4.79 Å². The first-order valence-electron chi connectivity index (χ1n) is 6.34. The van der Waals surface area contributed by atoms with E-state index in [1.54, 1.807) is 12.4 Å². The molecular formula is C13H17N3O. The Labute approximate surface area is 101 Å². The van der Waals surface area contributed by atoms with Crippen molar-refractivity contribution in [2.24, 2.45) is 17.8 Å². The molecule has 2 aliphatic rings. The number of carbonyl (C=O) groups is 1. The summed E-state index contributed by atoms with van der Waals surface area (Å²) >= 11 is 0. The minimum Gasteiger partial charge on any atom is -0.352 e. The number of carbonyl (C=O) groups excluding carboxylic acids is 1. The van der Waals surface area contributed by atoms with Gasteiger partial charge in [-0.05, 0) is 31.1 Å². The number of fused-ring (bicyclic) bond motifs is 2. The van der Waals surface area contributed by atoms with Crippen LogP contribution in [-0.4, -0.2) is 15.9 Å². The van der Waals surface area contributed by atoms with Crippen LogP contribution in [0.15, 0.2) is 18.7 Å². The molecule has 1 N–H and O–H groups in total. The predicted molar refractivity (Wildman–Crippen MR) is 62.8 cm³/mol. The highest BCUT2D eigenvalue weighted by Crippen LogP contribution is 2.48. The van der Waals surface area contributed by atoms with Gasteiger partial charge in [0.15, 0.2) is 0 Å². The van der Waals surface area contributed by atoms with Crippen LogP contribution in [0.3, 0.4) is 0 Å². The second kappa shape index (κ2) is 4.43. The molecule has 0 aromatic carbocycles. The summed E-state index contributed by atoms with van der Waals surface area (Å²) in [4.78, 5) is 19.9. The predicted octanol–water partition coefficient (Wildman–Crippen LogP) is 1.53. The molecule has 0 spiro atoms. The highest BCUT2D eigenvalue weighted by atomic mass is 16.1. The highest BCUT2D eigenvalue weighted by Gasteiger charge is 2.42. The van der Waals surface area contributed by atoms with Crippen LogP contribution in [-0.2, 0) is 11.3 Å². The van der Waals surface area contributed by atoms with Gasteiger partial charge < -0.3 is 5.32 Å². The van der Waals surface area contributed by atoms with Crippen molar-refractivity contribution in [2.45, 2.75) is 32.2 Å². The molecule has 4 nitrogen and oxygen atoms in total. The fourth-order valence-corrected chi connectivity index (χ4v) is 3.31. The lowest BCUT2D eigenvalue weighted by Crippen LogP contribution is -2.33. The van der Waals surface area contributed by atoms with Crippen molar-refractivity contribution in [3.8, 4) is 0 Å². The third-order valence-corrected chi connectivity index (χ3v) is 4.16. The molecule has 1 heterocycles. The maximum atomic E-state index is 12.1. The van der Waals surface area contributed by atoms with Crippen molar-refractivity contribution < 1.29 is 4.79 Å². The van der Waals surface area contributed by atoms with E-state index in [1.807, 2.05) is 0 Å². The minimum absolute atomic E-state index is 0.223. The van der Waals surface area contributed by atoms with E-state index >= 15 is 0 Å². The monoisotopic (exact) mass is 231 g/mol. The van der Waals surface area contributed by atoms with Gasteiger partial charge in [0.05, 0.1) is 0 Å². The Hall–Kier alpha value is -1.45. The standard InChI is InChI=1S/C13H17N3O/c17-13(12-4-9-1-2-11(12)3-9)16-7-10-5-14-8-15-6-10/h5-6,8-9,11-12H,1-4,7H2,(H,16,17). The molecule has 1 aromatic heterocycles. The first-order chi connectivity index (χ1) is 8.33. The van der Waals surface area contributed by atoms with Crippen molar-refractivity contribution in [2.75, 3.05) is 0 Å². The lowest BCUT2D eigenvalue weighted by molar-refractivity contribution is -0.126. The smallest absolute Gasteiger partial charge is 0.223 e. The van der Waals surface area contributed by atoms with Crippen molar-refractivity contribution in [3.05, 3.63) is 24.3 Å². The highest BCUT2D eigenvalue weighted by molar-refractivity contribution is 5.79. The molecule has 0 aliphatic heterocycles. The zero-order chi connectivity index (χ0) is 11.7. The van der Waals surface area contributed by atoms with Crippen LogP contribution in [0.1, 0.15) is 31.2 Å². The van der Waals surface area contributed by atoms with Crippen molar-refractivity contribution in [1.82, 2.24) is 15.3 Å². The van der Waals surface area contributed by atoms with E-state index in [9.17, 15) is 4.79 Å². The summed E-state index contributed by atoms with van der Waals surface area (Å²) in [5.41, 5.74) is 0.962. The van der Waals surface area contributed by atoms with Crippen LogP contribution in [0.25, 0.3) is 0 Å². The van der Waals surface area contributed by atoms with Gasteiger partial charge in [-0.2, -0.15) is 0 Å². The second-order valence-electron chi connectivity index (χ2n) is 5.25. The number of rotatable bonds is 3. The van der Waals surface area contributed by atoms with Gasteiger partial charge in [0, 0.05) is 30.4 Å². The average Bonchev–Trinajstić information content (AvgIpc) is 2.99. The number of nitrogens with one attached hydrogen (secondary N) is 1. The van der Waals surface area contributed by atoms with Crippen LogP contribution in [0, 0.1) is 17.8 Å². The molecule has 2 fully saturated rings. The number of aromatic nitrogens is 2. The molecular weight excluding hydrogens is 214 g/mol. The zero-order valence-electron chi connectivity index (χ0n) is 9.80. The lowest BCUT2D eigenvalue weighted by Gasteiger charge is -2.20. The Morgan fingerprint density at radius 2 is 2.12 bits per heavy atom. The fraction of sp³-hybridized carbons (Fsp3) is 0.615. The summed E-state index contributed by atoms with van der Waals surface area (Å²) in [5.74, 6) is 1.95. The van der Waals surface area contributed by atoms with Crippen molar-refractivity contribution >= 4 is 5.91 Å². The van der Waals surface area contributed by atoms with Gasteiger partial charge in [-0.25, -0.2) is 9.97 Å². The minimum atomic E-state index is 0.223. The summed E-state index contributed by atoms with van der Waals surface area (Å²) in [7, 11) is 0. The Bertz CT molecular complexity index is 406. The molecule has 17 heavy (non-hydrogen) atoms. The zero-order valence-corrected chi connectivity index (χ0v) is 9.80. The summed E-state index contributed by atoms with van der Waals surface area (Å²) in [6, 6.07) is 0. The molecule has 0 radical (unpaired) electrons. The lowest BCUT2D eigenvalue weighted by atomic mass is 9.88. The molecule has 4 heteroatoms. The molecule has 1 aromatic rings. The first kappa shape index (κ1) is 10.7. The Morgan fingerprint density at radius 1 is 1.29 bits per heavy atom. The molecule has 3 unspecified atom stereocenters. The SMILES string of the molecule is O=C(NCc1cncnc1)C1CC2CCC1C2. The van der Waals surface area contributed by atoms with E-state index in [1.165, 1.54) is 25.6 Å². The van der Waals surface area contributed by atoms with Crippen LogP contribution < -0.4 is 5.32 Å². The fourth-order valence-electron chi connectivity index (χ4n) is 3.31. The Kier molecular flexibility index (Phi) is 2.79. The molecule has 3 rings (SSSR count). The maximum absolute atomic E-state index is 12.1. The van der Waals surface area contributed by atoms with Crippen molar-refractivity contribution in [3.63, 3.8) is 0 Å². The molecule has 90 valence electrons. The van der Waals surface area contributed by atoms with Crippen LogP contribution >= 0.6 is 0 Å². The Morgan fingerprint density at radius 3 is 2.76 bits per heavy atom. The largest absolute Gasteiger partial charge is 0.352 e. The van der Waals surface area contributed by atoms with Gasteiger partial charge in [-0.1, -0.05) is 6.42 Å². The number of amides is 1. The summed E-state index contributed by atoms with van der Waals surface area (Å²) in [6.07, 6.45) is 9.94. The van der Waals surface area contributed by atoms with Gasteiger partial charge in [-0.15, -0.1) is 0 Å². The maximum Gasteiger partial charge on any atom is 0.223 e. The third kappa shape index (κ3) is 2.16. The molecule has 2 aliphatic carbocycles. The van der Waals surface area contributed by atoms with Gasteiger partial charge in [0.2, 0.25) is 5.91 Å². The van der Waals surface area contributed by atoms with Crippen LogP contribution in [0.4, 0.5) is 0 Å². The number of hydrogen-bond donors (Lipinski definition) is 1. The Balaban J connectivity index is 1.54. The number of nitrogens with zero attached hydrogens (tertiary/aromatic N) is 2. The number of hydrogen-bond acceptors (Lipinski definition) is 3. The summed E-state index contributed by atoms with van der Waals surface area (Å²) in [5, 5.41) is 3.01. The molecule has 0 saturated heterocycles. The summed E-state index contributed by atoms with van der Waals surface area (Å²) < 4.78 is 0. The summed E-state index contributed by atoms with van der Waals surface area (Å²) in [6.45, 7) is 0.549. The second-order valence-corrected chi connectivity index (χ2v) is 5.25. The topological polar surface area (TPSA) is 54.9 Å². The normalized spacial score (nSPS) is 30.5. The first-order valence-corrected chi connectivity index (χ1v) is 6.34. The quantitative estimate of drug-likeness (QED) is 0.858. The van der Waals surface area contributed by atoms with Crippen LogP contribution in [0.5, 0.6) is 0 Å². The molecule has 2 saturated carbocycles. The van der Waals surface area contributed by atoms with E-state index in [0.29, 0.717) is 12.5 Å². The van der Waals surface area contributed by atoms with Gasteiger partial charge in [0.1, 0.15) is 6.33 Å². The third-order valence-electron chi connectivity index (χ3n) is 4.16. The van der Waals surface area contributed by atoms with E-state index in [2.05, 4.69) is 15.3 Å². The van der Waals surface area contributed by atoms with E-state index in [4.69, 9.17) is 0 Å². The molecule has 1 amide bonds. The molecule has 3 atom stereocenters. The van der Waals surface area contributed by atoms with E-state index in [-0.39, 0.29) is 11.8 Å². The molecule has 2 bridgehead atoms. The van der Waals surface area contributed by atoms with Crippen molar-refractivity contribution in [1.29, 1.82) is 0 Å². The van der Waals surface area contributed by atoms with E-state index in [0.717, 1.165) is 17.9 Å². The average molecular weight is 231 g/mol. The van der Waals surface area contributed by atoms with Gasteiger partial charge >= 0.3 is 0 Å².